The molecule has 0 saturated carbocycles. The van der Waals surface area contributed by atoms with E-state index in [0.29, 0.717) is 17.2 Å². The summed E-state index contributed by atoms with van der Waals surface area (Å²) in [4.78, 5) is 8.75. The predicted octanol–water partition coefficient (Wildman–Crippen LogP) is 4.75. The molecule has 7 nitrogen and oxygen atoms in total. The molecule has 3 aromatic carbocycles. The van der Waals surface area contributed by atoms with Crippen molar-refractivity contribution < 1.29 is 17.9 Å². The lowest BCUT2D eigenvalue weighted by Crippen LogP contribution is -2.15. The van der Waals surface area contributed by atoms with E-state index in [-0.39, 0.29) is 16.7 Å². The lowest BCUT2D eigenvalue weighted by molar-refractivity contribution is 0.374. The maximum absolute atomic E-state index is 12.8. The van der Waals surface area contributed by atoms with Crippen LogP contribution in [0.2, 0.25) is 0 Å². The van der Waals surface area contributed by atoms with Crippen molar-refractivity contribution in [2.24, 2.45) is 0 Å². The average molecular weight is 433 g/mol. The molecule has 0 aliphatic carbocycles. The molecule has 0 atom stereocenters. The highest BCUT2D eigenvalue weighted by Crippen LogP contribution is 2.32. The first kappa shape index (κ1) is 20.4. The Kier molecular flexibility index (Phi) is 5.81. The van der Waals surface area contributed by atoms with Crippen LogP contribution in [-0.2, 0) is 10.0 Å². The molecule has 0 aliphatic heterocycles. The molecular weight excluding hydrogens is 414 g/mol. The van der Waals surface area contributed by atoms with E-state index in [1.807, 2.05) is 36.4 Å². The summed E-state index contributed by atoms with van der Waals surface area (Å²) in [6, 6.07) is 26.1. The zero-order chi connectivity index (χ0) is 21.7. The molecule has 0 aliphatic rings. The molecule has 0 unspecified atom stereocenters. The normalized spacial score (nSPS) is 11.0. The van der Waals surface area contributed by atoms with Gasteiger partial charge in [0.25, 0.3) is 10.0 Å². The fourth-order valence-corrected chi connectivity index (χ4v) is 3.84. The van der Waals surface area contributed by atoms with Gasteiger partial charge in [-0.05, 0) is 24.3 Å². The fourth-order valence-electron chi connectivity index (χ4n) is 2.87. The van der Waals surface area contributed by atoms with Crippen LogP contribution in [0.5, 0.6) is 17.4 Å². The van der Waals surface area contributed by atoms with Crippen LogP contribution in [0.1, 0.15) is 0 Å². The Morgan fingerprint density at radius 2 is 1.39 bits per heavy atom. The van der Waals surface area contributed by atoms with Crippen LogP contribution in [-0.4, -0.2) is 25.5 Å². The number of nitrogens with zero attached hydrogens (tertiary/aromatic N) is 2. The zero-order valence-corrected chi connectivity index (χ0v) is 17.4. The second-order valence-corrected chi connectivity index (χ2v) is 8.13. The summed E-state index contributed by atoms with van der Waals surface area (Å²) >= 11 is 0. The van der Waals surface area contributed by atoms with E-state index in [0.717, 1.165) is 5.56 Å². The molecule has 0 fully saturated rings. The summed E-state index contributed by atoms with van der Waals surface area (Å²) in [5.41, 5.74) is 1.29. The van der Waals surface area contributed by atoms with Crippen LogP contribution in [0, 0.1) is 0 Å². The highest BCUT2D eigenvalue weighted by atomic mass is 32.2. The van der Waals surface area contributed by atoms with Gasteiger partial charge in [0.05, 0.1) is 17.7 Å². The number of rotatable bonds is 7. The van der Waals surface area contributed by atoms with Crippen molar-refractivity contribution in [3.05, 3.63) is 91.0 Å². The number of aromatic nitrogens is 2. The fraction of sp³-hybridized carbons (Fsp3) is 0.0435. The molecule has 1 N–H and O–H groups in total. The molecule has 0 spiro atoms. The molecule has 0 amide bonds. The molecule has 31 heavy (non-hydrogen) atoms. The number of nitrogens with one attached hydrogen (secondary N) is 1. The van der Waals surface area contributed by atoms with Gasteiger partial charge in [0, 0.05) is 11.6 Å². The largest absolute Gasteiger partial charge is 0.493 e. The second kappa shape index (κ2) is 8.85. The second-order valence-electron chi connectivity index (χ2n) is 6.45. The number of hydrogen-bond acceptors (Lipinski definition) is 6. The number of sulfonamides is 1. The summed E-state index contributed by atoms with van der Waals surface area (Å²) in [6.07, 6.45) is 0. The van der Waals surface area contributed by atoms with Crippen LogP contribution in [0.4, 0.5) is 5.95 Å². The van der Waals surface area contributed by atoms with E-state index in [1.165, 1.54) is 19.2 Å². The summed E-state index contributed by atoms with van der Waals surface area (Å²) in [6.45, 7) is 0. The number of benzene rings is 3. The van der Waals surface area contributed by atoms with Crippen LogP contribution < -0.4 is 14.2 Å². The lowest BCUT2D eigenvalue weighted by Gasteiger charge is -2.13. The minimum Gasteiger partial charge on any atom is -0.493 e. The predicted molar refractivity (Wildman–Crippen MR) is 118 cm³/mol. The number of para-hydroxylation sites is 2. The monoisotopic (exact) mass is 433 g/mol. The van der Waals surface area contributed by atoms with Gasteiger partial charge in [0.2, 0.25) is 11.8 Å². The summed E-state index contributed by atoms with van der Waals surface area (Å²) in [5, 5.41) is 0. The van der Waals surface area contributed by atoms with Gasteiger partial charge in [-0.25, -0.2) is 18.1 Å². The Bertz CT molecular complexity index is 1280. The van der Waals surface area contributed by atoms with Crippen molar-refractivity contribution in [1.29, 1.82) is 0 Å². The number of ether oxygens (including phenoxy) is 2. The SMILES string of the molecule is COc1ccccc1Oc1cc(-c2ccccc2)nc(NS(=O)(=O)c2ccccc2)n1. The third-order valence-corrected chi connectivity index (χ3v) is 5.68. The van der Waals surface area contributed by atoms with E-state index in [9.17, 15) is 8.42 Å². The van der Waals surface area contributed by atoms with Crippen LogP contribution in [0.25, 0.3) is 11.3 Å². The van der Waals surface area contributed by atoms with Crippen LogP contribution in [0.3, 0.4) is 0 Å². The van der Waals surface area contributed by atoms with Crippen molar-refractivity contribution in [3.63, 3.8) is 0 Å². The topological polar surface area (TPSA) is 90.4 Å². The average Bonchev–Trinajstić information content (AvgIpc) is 2.80. The van der Waals surface area contributed by atoms with Crippen molar-refractivity contribution in [1.82, 2.24) is 9.97 Å². The first-order valence-electron chi connectivity index (χ1n) is 9.38. The molecule has 0 saturated heterocycles. The zero-order valence-electron chi connectivity index (χ0n) is 16.6. The lowest BCUT2D eigenvalue weighted by atomic mass is 10.1. The van der Waals surface area contributed by atoms with E-state index in [4.69, 9.17) is 9.47 Å². The number of anilines is 1. The summed E-state index contributed by atoms with van der Waals surface area (Å²) < 4.78 is 39.2. The summed E-state index contributed by atoms with van der Waals surface area (Å²) in [7, 11) is -2.33. The van der Waals surface area contributed by atoms with E-state index >= 15 is 0 Å². The standard InChI is InChI=1S/C23H19N3O4S/c1-29-20-14-8-9-15-21(20)30-22-16-19(17-10-4-2-5-11-17)24-23(25-22)26-31(27,28)18-12-6-3-7-13-18/h2-16H,1H3,(H,24,25,26). The molecule has 8 heteroatoms. The third kappa shape index (κ3) is 4.81. The maximum Gasteiger partial charge on any atom is 0.264 e. The molecule has 4 rings (SSSR count). The van der Waals surface area contributed by atoms with Crippen LogP contribution in [0.15, 0.2) is 95.9 Å². The third-order valence-electron chi connectivity index (χ3n) is 4.33. The van der Waals surface area contributed by atoms with Gasteiger partial charge in [0.15, 0.2) is 11.5 Å². The number of hydrogen-bond donors (Lipinski definition) is 1. The molecule has 156 valence electrons. The highest BCUT2D eigenvalue weighted by Gasteiger charge is 2.18. The number of methoxy groups -OCH3 is 1. The highest BCUT2D eigenvalue weighted by molar-refractivity contribution is 7.92. The first-order valence-corrected chi connectivity index (χ1v) is 10.9. The Morgan fingerprint density at radius 3 is 2.06 bits per heavy atom. The smallest absolute Gasteiger partial charge is 0.264 e. The van der Waals surface area contributed by atoms with Gasteiger partial charge in [-0.1, -0.05) is 60.7 Å². The van der Waals surface area contributed by atoms with Gasteiger partial charge in [-0.2, -0.15) is 4.98 Å². The van der Waals surface area contributed by atoms with Crippen molar-refractivity contribution in [2.75, 3.05) is 11.8 Å². The van der Waals surface area contributed by atoms with Gasteiger partial charge in [-0.15, -0.1) is 0 Å². The van der Waals surface area contributed by atoms with E-state index < -0.39 is 10.0 Å². The molecular formula is C23H19N3O4S. The minimum atomic E-state index is -3.87. The van der Waals surface area contributed by atoms with Crippen LogP contribution >= 0.6 is 0 Å². The quantitative estimate of drug-likeness (QED) is 0.453. The Hall–Kier alpha value is -3.91. The van der Waals surface area contributed by atoms with Gasteiger partial charge in [0.1, 0.15) is 0 Å². The van der Waals surface area contributed by atoms with Gasteiger partial charge >= 0.3 is 0 Å². The van der Waals surface area contributed by atoms with Crippen molar-refractivity contribution in [3.8, 4) is 28.6 Å². The Morgan fingerprint density at radius 1 is 0.774 bits per heavy atom. The molecule has 0 radical (unpaired) electrons. The molecule has 1 aromatic heterocycles. The minimum absolute atomic E-state index is 0.102. The molecule has 0 bridgehead atoms. The first-order chi connectivity index (χ1) is 15.0. The maximum atomic E-state index is 12.8. The van der Waals surface area contributed by atoms with Gasteiger partial charge < -0.3 is 9.47 Å². The van der Waals surface area contributed by atoms with Gasteiger partial charge in [-0.3, -0.25) is 0 Å². The Balaban J connectivity index is 1.75. The summed E-state index contributed by atoms with van der Waals surface area (Å²) in [5.74, 6) is 1.03. The van der Waals surface area contributed by atoms with E-state index in [1.54, 1.807) is 42.5 Å². The molecule has 4 aromatic rings. The van der Waals surface area contributed by atoms with Crippen molar-refractivity contribution in [2.45, 2.75) is 4.90 Å². The van der Waals surface area contributed by atoms with Crippen molar-refractivity contribution >= 4 is 16.0 Å². The Labute approximate surface area is 180 Å². The van der Waals surface area contributed by atoms with E-state index in [2.05, 4.69) is 14.7 Å². The molecule has 1 heterocycles.